The van der Waals surface area contributed by atoms with E-state index in [0.717, 1.165) is 20.7 Å². The largest absolute Gasteiger partial charge is 0.476 e. The minimum absolute atomic E-state index is 0.125. The zero-order chi connectivity index (χ0) is 10.1. The second kappa shape index (κ2) is 3.80. The van der Waals surface area contributed by atoms with Gasteiger partial charge in [0.1, 0.15) is 0 Å². The fraction of sp³-hybridized carbons (Fsp3) is 0. The molecule has 0 radical (unpaired) electrons. The number of carboxylic acids is 1. The molecule has 2 aromatic rings. The maximum atomic E-state index is 10.6. The smallest absolute Gasteiger partial charge is 0.365 e. The summed E-state index contributed by atoms with van der Waals surface area (Å²) < 4.78 is 0.949. The Balaban J connectivity index is 2.43. The molecular weight excluding hydrogens is 286 g/mol. The van der Waals surface area contributed by atoms with Gasteiger partial charge in [-0.2, -0.15) is 0 Å². The van der Waals surface area contributed by atoms with E-state index in [2.05, 4.69) is 20.9 Å². The summed E-state index contributed by atoms with van der Waals surface area (Å²) in [5.41, 5.74) is 0.717. The van der Waals surface area contributed by atoms with Gasteiger partial charge in [0, 0.05) is 9.85 Å². The monoisotopic (exact) mass is 289 g/mol. The Bertz CT molecular complexity index is 477. The van der Waals surface area contributed by atoms with E-state index < -0.39 is 5.97 Å². The molecule has 0 aliphatic rings. The molecule has 2 heterocycles. The summed E-state index contributed by atoms with van der Waals surface area (Å²) in [7, 11) is 0. The third-order valence-electron chi connectivity index (χ3n) is 1.54. The van der Waals surface area contributed by atoms with Crippen LogP contribution in [0.5, 0.6) is 0 Å². The van der Waals surface area contributed by atoms with Crippen LogP contribution in [0.1, 0.15) is 9.80 Å². The van der Waals surface area contributed by atoms with Crippen molar-refractivity contribution < 1.29 is 9.90 Å². The highest BCUT2D eigenvalue weighted by molar-refractivity contribution is 9.10. The lowest BCUT2D eigenvalue weighted by molar-refractivity contribution is 0.0696. The Morgan fingerprint density at radius 2 is 2.29 bits per heavy atom. The van der Waals surface area contributed by atoms with Crippen molar-refractivity contribution in [1.82, 2.24) is 4.98 Å². The first-order valence-electron chi connectivity index (χ1n) is 3.60. The summed E-state index contributed by atoms with van der Waals surface area (Å²) in [6.07, 6.45) is 0. The molecule has 0 saturated carbocycles. The van der Waals surface area contributed by atoms with Crippen LogP contribution >= 0.6 is 38.6 Å². The van der Waals surface area contributed by atoms with E-state index in [1.54, 1.807) is 5.38 Å². The van der Waals surface area contributed by atoms with E-state index >= 15 is 0 Å². The number of hydrogen-bond acceptors (Lipinski definition) is 4. The zero-order valence-electron chi connectivity index (χ0n) is 6.73. The average Bonchev–Trinajstić information content (AvgIpc) is 2.71. The van der Waals surface area contributed by atoms with Crippen molar-refractivity contribution in [3.05, 3.63) is 26.3 Å². The highest BCUT2D eigenvalue weighted by Crippen LogP contribution is 2.33. The molecule has 0 saturated heterocycles. The third kappa shape index (κ3) is 1.73. The molecule has 0 aromatic carbocycles. The van der Waals surface area contributed by atoms with E-state index in [9.17, 15) is 4.79 Å². The SMILES string of the molecule is O=C(O)c1nc(-c2sccc2Br)cs1. The fourth-order valence-corrected chi connectivity index (χ4v) is 3.21. The molecule has 3 nitrogen and oxygen atoms in total. The summed E-state index contributed by atoms with van der Waals surface area (Å²) in [5.74, 6) is -0.978. The Hall–Kier alpha value is -0.720. The van der Waals surface area contributed by atoms with E-state index in [-0.39, 0.29) is 5.01 Å². The van der Waals surface area contributed by atoms with Crippen LogP contribution in [0.2, 0.25) is 0 Å². The van der Waals surface area contributed by atoms with Gasteiger partial charge in [-0.25, -0.2) is 9.78 Å². The molecule has 6 heteroatoms. The second-order valence-corrected chi connectivity index (χ2v) is 5.07. The van der Waals surface area contributed by atoms with Crippen LogP contribution < -0.4 is 0 Å². The number of hydrogen-bond donors (Lipinski definition) is 1. The molecule has 2 rings (SSSR count). The Morgan fingerprint density at radius 1 is 1.50 bits per heavy atom. The minimum Gasteiger partial charge on any atom is -0.476 e. The van der Waals surface area contributed by atoms with Crippen LogP contribution in [0.4, 0.5) is 0 Å². The van der Waals surface area contributed by atoms with E-state index in [0.29, 0.717) is 5.69 Å². The molecule has 0 aliphatic carbocycles. The standard InChI is InChI=1S/C8H4BrNO2S2/c9-4-1-2-13-6(4)5-3-14-7(10-5)8(11)12/h1-3H,(H,11,12). The lowest BCUT2D eigenvalue weighted by atomic mass is 10.4. The van der Waals surface area contributed by atoms with Crippen LogP contribution in [-0.4, -0.2) is 16.1 Å². The van der Waals surface area contributed by atoms with Crippen molar-refractivity contribution in [1.29, 1.82) is 0 Å². The molecule has 0 bridgehead atoms. The molecule has 0 unspecified atom stereocenters. The lowest BCUT2D eigenvalue weighted by Gasteiger charge is -1.90. The molecule has 72 valence electrons. The second-order valence-electron chi connectivity index (χ2n) is 2.44. The molecular formula is C8H4BrNO2S2. The van der Waals surface area contributed by atoms with Crippen LogP contribution in [0.25, 0.3) is 10.6 Å². The van der Waals surface area contributed by atoms with Gasteiger partial charge >= 0.3 is 5.97 Å². The normalized spacial score (nSPS) is 10.4. The summed E-state index contributed by atoms with van der Waals surface area (Å²) in [6, 6.07) is 1.92. The van der Waals surface area contributed by atoms with Crippen LogP contribution in [-0.2, 0) is 0 Å². The Morgan fingerprint density at radius 3 is 2.79 bits per heavy atom. The maximum Gasteiger partial charge on any atom is 0.365 e. The van der Waals surface area contributed by atoms with Gasteiger partial charge in [0.05, 0.1) is 10.6 Å². The first kappa shape index (κ1) is 9.82. The molecule has 0 amide bonds. The molecule has 2 aromatic heterocycles. The van der Waals surface area contributed by atoms with E-state index in [1.165, 1.54) is 11.3 Å². The van der Waals surface area contributed by atoms with Crippen molar-refractivity contribution in [3.63, 3.8) is 0 Å². The summed E-state index contributed by atoms with van der Waals surface area (Å²) in [4.78, 5) is 15.6. The van der Waals surface area contributed by atoms with Crippen LogP contribution in [0.3, 0.4) is 0 Å². The summed E-state index contributed by atoms with van der Waals surface area (Å²) >= 11 is 6.05. The number of carbonyl (C=O) groups is 1. The number of nitrogens with zero attached hydrogens (tertiary/aromatic N) is 1. The molecule has 0 fully saturated rings. The zero-order valence-corrected chi connectivity index (χ0v) is 9.95. The highest BCUT2D eigenvalue weighted by Gasteiger charge is 2.12. The van der Waals surface area contributed by atoms with Gasteiger partial charge in [-0.05, 0) is 27.4 Å². The topological polar surface area (TPSA) is 50.2 Å². The summed E-state index contributed by atoms with van der Waals surface area (Å²) in [5, 5.41) is 12.5. The van der Waals surface area contributed by atoms with E-state index in [1.807, 2.05) is 11.4 Å². The first-order valence-corrected chi connectivity index (χ1v) is 6.16. The van der Waals surface area contributed by atoms with Crippen LogP contribution in [0.15, 0.2) is 21.3 Å². The number of carboxylic acid groups (broad SMARTS) is 1. The van der Waals surface area contributed by atoms with Gasteiger partial charge in [-0.1, -0.05) is 0 Å². The van der Waals surface area contributed by atoms with Crippen LogP contribution in [0, 0.1) is 0 Å². The predicted molar refractivity (Wildman–Crippen MR) is 60.1 cm³/mol. The molecule has 14 heavy (non-hydrogen) atoms. The highest BCUT2D eigenvalue weighted by atomic mass is 79.9. The average molecular weight is 290 g/mol. The van der Waals surface area contributed by atoms with Gasteiger partial charge in [0.2, 0.25) is 5.01 Å². The molecule has 0 spiro atoms. The molecule has 0 atom stereocenters. The van der Waals surface area contributed by atoms with Gasteiger partial charge in [0.15, 0.2) is 0 Å². The quantitative estimate of drug-likeness (QED) is 0.923. The minimum atomic E-state index is -0.978. The number of thiophene rings is 1. The number of aromatic carboxylic acids is 1. The Labute approximate surface area is 96.2 Å². The lowest BCUT2D eigenvalue weighted by Crippen LogP contribution is -1.93. The maximum absolute atomic E-state index is 10.6. The molecule has 0 aliphatic heterocycles. The summed E-state index contributed by atoms with van der Waals surface area (Å²) in [6.45, 7) is 0. The van der Waals surface area contributed by atoms with Crippen molar-refractivity contribution >= 4 is 44.6 Å². The number of rotatable bonds is 2. The van der Waals surface area contributed by atoms with Gasteiger partial charge in [-0.15, -0.1) is 22.7 Å². The van der Waals surface area contributed by atoms with Gasteiger partial charge in [-0.3, -0.25) is 0 Å². The molecule has 1 N–H and O–H groups in total. The number of halogens is 1. The Kier molecular flexibility index (Phi) is 2.66. The first-order chi connectivity index (χ1) is 6.68. The number of thiazole rings is 1. The fourth-order valence-electron chi connectivity index (χ4n) is 0.953. The van der Waals surface area contributed by atoms with Gasteiger partial charge in [0.25, 0.3) is 0 Å². The van der Waals surface area contributed by atoms with Crippen molar-refractivity contribution in [2.75, 3.05) is 0 Å². The predicted octanol–water partition coefficient (Wildman–Crippen LogP) is 3.33. The van der Waals surface area contributed by atoms with E-state index in [4.69, 9.17) is 5.11 Å². The van der Waals surface area contributed by atoms with Gasteiger partial charge < -0.3 is 5.11 Å². The number of aromatic nitrogens is 1. The van der Waals surface area contributed by atoms with Crippen molar-refractivity contribution in [2.45, 2.75) is 0 Å². The van der Waals surface area contributed by atoms with Crippen molar-refractivity contribution in [3.8, 4) is 10.6 Å². The third-order valence-corrected chi connectivity index (χ3v) is 4.23. The van der Waals surface area contributed by atoms with Crippen molar-refractivity contribution in [2.24, 2.45) is 0 Å².